The van der Waals surface area contributed by atoms with E-state index in [-0.39, 0.29) is 12.7 Å². The maximum atomic E-state index is 12.5. The lowest BCUT2D eigenvalue weighted by molar-refractivity contribution is -0.140. The number of hydrogen-bond acceptors (Lipinski definition) is 5. The van der Waals surface area contributed by atoms with Gasteiger partial charge in [0.2, 0.25) is 0 Å². The van der Waals surface area contributed by atoms with Crippen LogP contribution in [0.1, 0.15) is 43.4 Å². The van der Waals surface area contributed by atoms with E-state index in [0.29, 0.717) is 25.4 Å². The molecule has 5 nitrogen and oxygen atoms in total. The normalized spacial score (nSPS) is 15.0. The molecule has 2 aromatic heterocycles. The number of pyridine rings is 1. The average Bonchev–Trinajstić information content (AvgIpc) is 3.07. The molecule has 0 aliphatic heterocycles. The number of rotatable bonds is 6. The predicted molar refractivity (Wildman–Crippen MR) is 114 cm³/mol. The van der Waals surface area contributed by atoms with Crippen molar-refractivity contribution in [3.05, 3.63) is 33.8 Å². The largest absolute Gasteiger partial charge is 0.489 e. The molecule has 1 saturated carbocycles. The highest BCUT2D eigenvalue weighted by molar-refractivity contribution is 7.19. The number of amides is 1. The molecule has 1 aliphatic rings. The van der Waals surface area contributed by atoms with Gasteiger partial charge in [-0.3, -0.25) is 0 Å². The van der Waals surface area contributed by atoms with Crippen molar-refractivity contribution in [2.24, 2.45) is 0 Å². The Morgan fingerprint density at radius 1 is 1.29 bits per heavy atom. The number of alkyl halides is 3. The lowest BCUT2D eigenvalue weighted by atomic mass is 9.98. The first-order valence-corrected chi connectivity index (χ1v) is 11.2. The van der Waals surface area contributed by atoms with Gasteiger partial charge in [0.25, 0.3) is 0 Å². The second kappa shape index (κ2) is 10.1. The monoisotopic (exact) mass is 476 g/mol. The summed E-state index contributed by atoms with van der Waals surface area (Å²) in [7, 11) is 1.04. The predicted octanol–water partition coefficient (Wildman–Crippen LogP) is 6.61. The van der Waals surface area contributed by atoms with E-state index in [0.717, 1.165) is 31.3 Å². The van der Waals surface area contributed by atoms with Crippen molar-refractivity contribution in [3.63, 3.8) is 0 Å². The molecular formula is C21H24ClF3N2O3S. The molecule has 170 valence electrons. The van der Waals surface area contributed by atoms with E-state index < -0.39 is 18.8 Å². The Kier molecular flexibility index (Phi) is 7.69. The van der Waals surface area contributed by atoms with Gasteiger partial charge in [-0.1, -0.05) is 18.0 Å². The van der Waals surface area contributed by atoms with Gasteiger partial charge >= 0.3 is 12.3 Å². The molecule has 1 amide bonds. The first-order chi connectivity index (χ1) is 14.6. The first-order valence-electron chi connectivity index (χ1n) is 10.00. The van der Waals surface area contributed by atoms with Crippen molar-refractivity contribution < 1.29 is 27.4 Å². The Bertz CT molecular complexity index is 914. The lowest BCUT2D eigenvalue weighted by Gasteiger charge is -2.23. The van der Waals surface area contributed by atoms with Crippen LogP contribution < -0.4 is 4.74 Å². The molecule has 0 unspecified atom stereocenters. The van der Waals surface area contributed by atoms with E-state index in [1.165, 1.54) is 30.6 Å². The highest BCUT2D eigenvalue weighted by Gasteiger charge is 2.32. The number of carbonyl (C=O) groups excluding carboxylic acids is 1. The molecular weight excluding hydrogens is 453 g/mol. The summed E-state index contributed by atoms with van der Waals surface area (Å²) < 4.78 is 49.0. The summed E-state index contributed by atoms with van der Waals surface area (Å²) in [5.41, 5.74) is 1.96. The molecule has 2 heterocycles. The average molecular weight is 477 g/mol. The number of carbonyl (C=O) groups is 1. The maximum Gasteiger partial charge on any atom is 0.410 e. The highest BCUT2D eigenvalue weighted by Crippen LogP contribution is 2.36. The zero-order valence-electron chi connectivity index (χ0n) is 17.3. The van der Waals surface area contributed by atoms with Gasteiger partial charge in [-0.15, -0.1) is 11.3 Å². The van der Waals surface area contributed by atoms with Crippen molar-refractivity contribution in [2.45, 2.75) is 57.9 Å². The van der Waals surface area contributed by atoms with Crippen molar-refractivity contribution in [2.75, 3.05) is 13.6 Å². The second-order valence-corrected chi connectivity index (χ2v) is 9.27. The van der Waals surface area contributed by atoms with Crippen molar-refractivity contribution in [1.29, 1.82) is 0 Å². The van der Waals surface area contributed by atoms with Crippen LogP contribution in [0.3, 0.4) is 0 Å². The van der Waals surface area contributed by atoms with Crippen LogP contribution in [0.15, 0.2) is 18.2 Å². The molecule has 0 aromatic carbocycles. The van der Waals surface area contributed by atoms with E-state index in [4.69, 9.17) is 21.1 Å². The van der Waals surface area contributed by atoms with Crippen LogP contribution >= 0.6 is 22.9 Å². The summed E-state index contributed by atoms with van der Waals surface area (Å²) in [6.45, 7) is 0.273. The van der Waals surface area contributed by atoms with Crippen LogP contribution in [-0.2, 0) is 11.3 Å². The van der Waals surface area contributed by atoms with Gasteiger partial charge < -0.3 is 14.4 Å². The van der Waals surface area contributed by atoms with Crippen molar-refractivity contribution in [1.82, 2.24) is 9.88 Å². The van der Waals surface area contributed by atoms with E-state index in [1.807, 2.05) is 19.1 Å². The van der Waals surface area contributed by atoms with Crippen LogP contribution in [0.4, 0.5) is 18.0 Å². The van der Waals surface area contributed by atoms with Gasteiger partial charge in [-0.25, -0.2) is 9.78 Å². The molecule has 3 rings (SSSR count). The number of hydrogen-bond donors (Lipinski definition) is 0. The summed E-state index contributed by atoms with van der Waals surface area (Å²) in [5, 5.41) is 0. The molecule has 31 heavy (non-hydrogen) atoms. The highest BCUT2D eigenvalue weighted by atomic mass is 35.5. The van der Waals surface area contributed by atoms with Gasteiger partial charge in [0.05, 0.1) is 26.7 Å². The third-order valence-electron chi connectivity index (χ3n) is 4.97. The minimum absolute atomic E-state index is 0.208. The van der Waals surface area contributed by atoms with Gasteiger partial charge in [0.1, 0.15) is 18.9 Å². The third kappa shape index (κ3) is 6.74. The topological polar surface area (TPSA) is 51.7 Å². The summed E-state index contributed by atoms with van der Waals surface area (Å²) in [6.07, 6.45) is 0.319. The van der Waals surface area contributed by atoms with Crippen LogP contribution in [0.2, 0.25) is 4.34 Å². The van der Waals surface area contributed by atoms with Crippen LogP contribution in [0.25, 0.3) is 10.6 Å². The van der Waals surface area contributed by atoms with Crippen LogP contribution in [0.5, 0.6) is 5.75 Å². The quantitative estimate of drug-likeness (QED) is 0.470. The van der Waals surface area contributed by atoms with Gasteiger partial charge in [-0.05, 0) is 50.8 Å². The fourth-order valence-corrected chi connectivity index (χ4v) is 4.69. The van der Waals surface area contributed by atoms with E-state index in [1.54, 1.807) is 6.07 Å². The fourth-order valence-electron chi connectivity index (χ4n) is 3.46. The Morgan fingerprint density at radius 3 is 2.65 bits per heavy atom. The molecule has 10 heteroatoms. The van der Waals surface area contributed by atoms with Crippen LogP contribution in [0, 0.1) is 6.92 Å². The van der Waals surface area contributed by atoms with Crippen LogP contribution in [-0.4, -0.2) is 41.8 Å². The minimum atomic E-state index is -4.49. The Labute approximate surface area is 188 Å². The molecule has 0 saturated heterocycles. The SMILES string of the molecule is Cc1nc(-c2sc(Cl)cc2COC(=O)N(C)CC(F)(F)F)ccc1OC1CCCCC1. The standard InChI is InChI=1S/C21H24ClF3N2O3S/c1-13-17(30-15-6-4-3-5-7-15)9-8-16(26-13)19-14(10-18(22)31-19)11-29-20(28)27(2)12-21(23,24)25/h8-10,15H,3-7,11-12H2,1-2H3. The summed E-state index contributed by atoms with van der Waals surface area (Å²) in [5.74, 6) is 0.736. The second-order valence-electron chi connectivity index (χ2n) is 7.59. The zero-order valence-corrected chi connectivity index (χ0v) is 18.9. The third-order valence-corrected chi connectivity index (χ3v) is 6.30. The number of halogens is 4. The molecule has 0 N–H and O–H groups in total. The zero-order chi connectivity index (χ0) is 22.6. The minimum Gasteiger partial charge on any atom is -0.489 e. The van der Waals surface area contributed by atoms with Crippen molar-refractivity contribution >= 4 is 29.0 Å². The Morgan fingerprint density at radius 2 is 2.00 bits per heavy atom. The molecule has 0 spiro atoms. The Hall–Kier alpha value is -2.00. The summed E-state index contributed by atoms with van der Waals surface area (Å²) in [4.78, 5) is 17.7. The van der Waals surface area contributed by atoms with E-state index in [2.05, 4.69) is 4.98 Å². The molecule has 1 aliphatic carbocycles. The number of nitrogens with zero attached hydrogens (tertiary/aromatic N) is 2. The number of thiophene rings is 1. The first kappa shape index (κ1) is 23.7. The van der Waals surface area contributed by atoms with Gasteiger partial charge in [-0.2, -0.15) is 13.2 Å². The smallest absolute Gasteiger partial charge is 0.410 e. The molecule has 0 atom stereocenters. The summed E-state index contributed by atoms with van der Waals surface area (Å²) >= 11 is 7.41. The number of ether oxygens (including phenoxy) is 2. The Balaban J connectivity index is 1.69. The fraction of sp³-hybridized carbons (Fsp3) is 0.524. The van der Waals surface area contributed by atoms with E-state index in [9.17, 15) is 18.0 Å². The molecule has 0 radical (unpaired) electrons. The van der Waals surface area contributed by atoms with Crippen molar-refractivity contribution in [3.8, 4) is 16.3 Å². The number of aryl methyl sites for hydroxylation is 1. The summed E-state index contributed by atoms with van der Waals surface area (Å²) in [6, 6.07) is 5.31. The van der Waals surface area contributed by atoms with Gasteiger partial charge in [0, 0.05) is 12.6 Å². The molecule has 1 fully saturated rings. The molecule has 0 bridgehead atoms. The van der Waals surface area contributed by atoms with E-state index >= 15 is 0 Å². The lowest BCUT2D eigenvalue weighted by Crippen LogP contribution is -2.36. The molecule has 2 aromatic rings. The maximum absolute atomic E-state index is 12.5. The number of aromatic nitrogens is 1. The van der Waals surface area contributed by atoms with Gasteiger partial charge in [0.15, 0.2) is 0 Å².